The Morgan fingerprint density at radius 2 is 1.92 bits per heavy atom. The quantitative estimate of drug-likeness (QED) is 0.718. The number of esters is 1. The molecule has 2 aromatic carbocycles. The molecule has 4 rings (SSSR count). The molecule has 0 saturated heterocycles. The van der Waals surface area contributed by atoms with Gasteiger partial charge in [-0.1, -0.05) is 0 Å². The molecule has 1 aliphatic heterocycles. The van der Waals surface area contributed by atoms with Gasteiger partial charge in [0, 0.05) is 11.8 Å². The second-order valence-corrected chi connectivity index (χ2v) is 5.52. The lowest BCUT2D eigenvalue weighted by Crippen LogP contribution is -2.21. The van der Waals surface area contributed by atoms with Crippen LogP contribution in [0.3, 0.4) is 0 Å². The molecule has 1 aliphatic rings. The fourth-order valence-corrected chi connectivity index (χ4v) is 2.52. The number of hydrogen-bond donors (Lipinski definition) is 1. The fraction of sp³-hybridized carbons (Fsp3) is 0.167. The van der Waals surface area contributed by atoms with Crippen LogP contribution in [-0.2, 0) is 9.53 Å². The lowest BCUT2D eigenvalue weighted by molar-refractivity contribution is -0.119. The molecular weight excluding hydrogens is 340 g/mol. The summed E-state index contributed by atoms with van der Waals surface area (Å²) in [6.45, 7) is 0.538. The lowest BCUT2D eigenvalue weighted by atomic mass is 10.2. The van der Waals surface area contributed by atoms with Gasteiger partial charge in [0.25, 0.3) is 5.91 Å². The van der Waals surface area contributed by atoms with E-state index in [1.165, 1.54) is 6.39 Å². The fourth-order valence-electron chi connectivity index (χ4n) is 2.52. The predicted octanol–water partition coefficient (Wildman–Crippen LogP) is 2.39. The molecule has 0 atom stereocenters. The summed E-state index contributed by atoms with van der Waals surface area (Å²) in [7, 11) is 0. The molecule has 1 N–H and O–H groups in total. The second kappa shape index (κ2) is 6.75. The zero-order chi connectivity index (χ0) is 17.9. The van der Waals surface area contributed by atoms with E-state index < -0.39 is 18.5 Å². The van der Waals surface area contributed by atoms with E-state index in [4.69, 9.17) is 18.6 Å². The van der Waals surface area contributed by atoms with Crippen LogP contribution in [0.1, 0.15) is 10.4 Å². The van der Waals surface area contributed by atoms with Gasteiger partial charge in [0.1, 0.15) is 18.7 Å². The Labute approximate surface area is 147 Å². The molecule has 0 unspecified atom stereocenters. The van der Waals surface area contributed by atoms with Crippen molar-refractivity contribution < 1.29 is 28.2 Å². The first-order valence-corrected chi connectivity index (χ1v) is 7.89. The van der Waals surface area contributed by atoms with Crippen LogP contribution in [-0.4, -0.2) is 36.7 Å². The first-order valence-electron chi connectivity index (χ1n) is 7.89. The van der Waals surface area contributed by atoms with Crippen LogP contribution >= 0.6 is 0 Å². The molecule has 8 nitrogen and oxygen atoms in total. The summed E-state index contributed by atoms with van der Waals surface area (Å²) in [5.41, 5.74) is 1.93. The molecular formula is C18H14N2O6. The minimum atomic E-state index is -0.618. The molecule has 1 amide bonds. The van der Waals surface area contributed by atoms with E-state index in [-0.39, 0.29) is 0 Å². The number of benzene rings is 2. The van der Waals surface area contributed by atoms with E-state index in [2.05, 4.69) is 10.3 Å². The first-order chi connectivity index (χ1) is 12.7. The van der Waals surface area contributed by atoms with Crippen molar-refractivity contribution in [1.29, 1.82) is 0 Å². The van der Waals surface area contributed by atoms with Gasteiger partial charge in [-0.05, 0) is 30.3 Å². The lowest BCUT2D eigenvalue weighted by Gasteiger charge is -2.19. The minimum absolute atomic E-state index is 0.290. The number of carbonyl (C=O) groups excluding carboxylic acids is 2. The van der Waals surface area contributed by atoms with Crippen LogP contribution in [0.25, 0.3) is 11.1 Å². The first kappa shape index (κ1) is 15.9. The van der Waals surface area contributed by atoms with Crippen LogP contribution in [0.5, 0.6) is 11.5 Å². The van der Waals surface area contributed by atoms with Crippen LogP contribution < -0.4 is 14.8 Å². The van der Waals surface area contributed by atoms with Crippen LogP contribution in [0.4, 0.5) is 5.69 Å². The maximum absolute atomic E-state index is 12.1. The van der Waals surface area contributed by atoms with Crippen molar-refractivity contribution in [2.24, 2.45) is 0 Å². The van der Waals surface area contributed by atoms with Crippen LogP contribution in [0, 0.1) is 0 Å². The summed E-state index contributed by atoms with van der Waals surface area (Å²) in [6, 6.07) is 9.77. The van der Waals surface area contributed by atoms with Gasteiger partial charge >= 0.3 is 5.97 Å². The van der Waals surface area contributed by atoms with Crippen molar-refractivity contribution in [3.05, 3.63) is 48.4 Å². The summed E-state index contributed by atoms with van der Waals surface area (Å²) in [6.07, 6.45) is 1.29. The molecule has 0 fully saturated rings. The molecule has 0 aliphatic carbocycles. The van der Waals surface area contributed by atoms with E-state index in [1.807, 2.05) is 0 Å². The van der Waals surface area contributed by atoms with Gasteiger partial charge in [0.05, 0.1) is 5.56 Å². The average Bonchev–Trinajstić information content (AvgIpc) is 3.14. The molecule has 3 aromatic rings. The van der Waals surface area contributed by atoms with Gasteiger partial charge in [-0.3, -0.25) is 4.79 Å². The number of nitrogens with zero attached hydrogens (tertiary/aromatic N) is 1. The van der Waals surface area contributed by atoms with Crippen molar-refractivity contribution in [3.8, 4) is 11.5 Å². The summed E-state index contributed by atoms with van der Waals surface area (Å²) < 4.78 is 21.0. The number of anilines is 1. The van der Waals surface area contributed by atoms with E-state index in [0.717, 1.165) is 0 Å². The maximum Gasteiger partial charge on any atom is 0.338 e. The molecule has 2 heterocycles. The van der Waals surface area contributed by atoms with E-state index in [1.54, 1.807) is 36.4 Å². The number of carbonyl (C=O) groups is 2. The Morgan fingerprint density at radius 3 is 2.81 bits per heavy atom. The predicted molar refractivity (Wildman–Crippen MR) is 90.4 cm³/mol. The number of fused-ring (bicyclic) bond motifs is 2. The van der Waals surface area contributed by atoms with Gasteiger partial charge in [0.15, 0.2) is 30.1 Å². The molecule has 0 saturated carbocycles. The zero-order valence-corrected chi connectivity index (χ0v) is 13.6. The largest absolute Gasteiger partial charge is 0.486 e. The Kier molecular flexibility index (Phi) is 4.14. The van der Waals surface area contributed by atoms with E-state index in [0.29, 0.717) is 47.1 Å². The smallest absolute Gasteiger partial charge is 0.338 e. The highest BCUT2D eigenvalue weighted by Gasteiger charge is 2.15. The number of ether oxygens (including phenoxy) is 3. The third-order valence-electron chi connectivity index (χ3n) is 3.73. The minimum Gasteiger partial charge on any atom is -0.486 e. The van der Waals surface area contributed by atoms with Crippen molar-refractivity contribution in [2.45, 2.75) is 0 Å². The van der Waals surface area contributed by atoms with Crippen molar-refractivity contribution in [3.63, 3.8) is 0 Å². The molecule has 0 bridgehead atoms. The average molecular weight is 354 g/mol. The van der Waals surface area contributed by atoms with Gasteiger partial charge in [-0.15, -0.1) is 0 Å². The normalized spacial score (nSPS) is 12.6. The highest BCUT2D eigenvalue weighted by Crippen LogP contribution is 2.32. The van der Waals surface area contributed by atoms with Gasteiger partial charge in [-0.25, -0.2) is 9.78 Å². The number of nitrogens with one attached hydrogen (secondary N) is 1. The Morgan fingerprint density at radius 1 is 1.08 bits per heavy atom. The highest BCUT2D eigenvalue weighted by molar-refractivity contribution is 5.97. The van der Waals surface area contributed by atoms with Gasteiger partial charge < -0.3 is 23.9 Å². The third-order valence-corrected chi connectivity index (χ3v) is 3.73. The van der Waals surface area contributed by atoms with Crippen molar-refractivity contribution in [1.82, 2.24) is 4.98 Å². The Balaban J connectivity index is 1.35. The molecule has 0 radical (unpaired) electrons. The highest BCUT2D eigenvalue weighted by atomic mass is 16.6. The number of oxazole rings is 1. The summed E-state index contributed by atoms with van der Waals surface area (Å²) in [5, 5.41) is 2.65. The number of amides is 1. The molecule has 132 valence electrons. The maximum atomic E-state index is 12.1. The number of aromatic nitrogens is 1. The second-order valence-electron chi connectivity index (χ2n) is 5.52. The standard InChI is InChI=1S/C18H14N2O6/c21-17(20-12-2-4-15-16(8-12)24-6-5-23-15)9-25-18(22)11-1-3-14-13(7-11)19-10-26-14/h1-4,7-8,10H,5-6,9H2,(H,20,21). The van der Waals surface area contributed by atoms with Gasteiger partial charge in [0.2, 0.25) is 0 Å². The summed E-state index contributed by atoms with van der Waals surface area (Å²) >= 11 is 0. The Bertz CT molecular complexity index is 981. The molecule has 26 heavy (non-hydrogen) atoms. The molecule has 0 spiro atoms. The monoisotopic (exact) mass is 354 g/mol. The molecule has 8 heteroatoms. The number of hydrogen-bond acceptors (Lipinski definition) is 7. The zero-order valence-electron chi connectivity index (χ0n) is 13.6. The van der Waals surface area contributed by atoms with Crippen molar-refractivity contribution in [2.75, 3.05) is 25.1 Å². The third kappa shape index (κ3) is 3.30. The summed E-state index contributed by atoms with van der Waals surface area (Å²) in [5.74, 6) is 0.112. The Hall–Kier alpha value is -3.55. The van der Waals surface area contributed by atoms with Crippen LogP contribution in [0.2, 0.25) is 0 Å². The van der Waals surface area contributed by atoms with Crippen molar-refractivity contribution >= 4 is 28.7 Å². The molecule has 1 aromatic heterocycles. The van der Waals surface area contributed by atoms with E-state index in [9.17, 15) is 9.59 Å². The van der Waals surface area contributed by atoms with Crippen LogP contribution in [0.15, 0.2) is 47.2 Å². The van der Waals surface area contributed by atoms with E-state index >= 15 is 0 Å². The van der Waals surface area contributed by atoms with Gasteiger partial charge in [-0.2, -0.15) is 0 Å². The topological polar surface area (TPSA) is 99.9 Å². The number of rotatable bonds is 4. The summed E-state index contributed by atoms with van der Waals surface area (Å²) in [4.78, 5) is 28.0. The SMILES string of the molecule is O=C(COC(=O)c1ccc2ocnc2c1)Nc1ccc2c(c1)OCCO2.